The van der Waals surface area contributed by atoms with Gasteiger partial charge in [-0.05, 0) is 12.3 Å². The van der Waals surface area contributed by atoms with Gasteiger partial charge in [-0.1, -0.05) is 20.8 Å². The van der Waals surface area contributed by atoms with E-state index in [0.29, 0.717) is 6.61 Å². The van der Waals surface area contributed by atoms with Crippen LogP contribution in [0.5, 0.6) is 0 Å². The molecule has 0 N–H and O–H groups in total. The van der Waals surface area contributed by atoms with Crippen LogP contribution in [-0.2, 0) is 19.1 Å². The van der Waals surface area contributed by atoms with Crippen LogP contribution < -0.4 is 0 Å². The minimum absolute atomic E-state index is 0.125. The Balaban J connectivity index is 4.41. The molecule has 4 heteroatoms. The fourth-order valence-electron chi connectivity index (χ4n) is 0.947. The van der Waals surface area contributed by atoms with E-state index in [1.54, 1.807) is 6.92 Å². The van der Waals surface area contributed by atoms with Crippen LogP contribution in [0.3, 0.4) is 0 Å². The van der Waals surface area contributed by atoms with Gasteiger partial charge in [-0.2, -0.15) is 0 Å². The van der Waals surface area contributed by atoms with Gasteiger partial charge in [0, 0.05) is 6.61 Å². The Bertz CT molecular complexity index is 181. The van der Waals surface area contributed by atoms with E-state index < -0.39 is 12.1 Å². The average molecular weight is 188 g/mol. The van der Waals surface area contributed by atoms with Crippen LogP contribution >= 0.6 is 0 Å². The third-order valence-corrected chi connectivity index (χ3v) is 1.50. The standard InChI is InChI=1S/C9H16O4/c1-5-12-7(9(2,3)4)8(11)13-6-10/h6-7H,5H2,1-4H3. The smallest absolute Gasteiger partial charge is 0.343 e. The lowest BCUT2D eigenvalue weighted by Gasteiger charge is -2.27. The summed E-state index contributed by atoms with van der Waals surface area (Å²) in [6.07, 6.45) is -0.692. The van der Waals surface area contributed by atoms with Gasteiger partial charge >= 0.3 is 12.4 Å². The molecule has 0 aliphatic heterocycles. The highest BCUT2D eigenvalue weighted by Crippen LogP contribution is 2.23. The molecule has 0 fully saturated rings. The van der Waals surface area contributed by atoms with Gasteiger partial charge in [0.2, 0.25) is 0 Å². The van der Waals surface area contributed by atoms with E-state index in [1.807, 2.05) is 20.8 Å². The highest BCUT2D eigenvalue weighted by atomic mass is 16.6. The second-order valence-corrected chi connectivity index (χ2v) is 3.73. The maximum absolute atomic E-state index is 11.2. The van der Waals surface area contributed by atoms with E-state index in [9.17, 15) is 9.59 Å². The predicted molar refractivity (Wildman–Crippen MR) is 47.0 cm³/mol. The molecule has 0 rings (SSSR count). The maximum atomic E-state index is 11.2. The van der Waals surface area contributed by atoms with Gasteiger partial charge in [0.1, 0.15) is 0 Å². The molecule has 0 radical (unpaired) electrons. The van der Waals surface area contributed by atoms with Crippen LogP contribution in [0.2, 0.25) is 0 Å². The number of hydrogen-bond acceptors (Lipinski definition) is 4. The topological polar surface area (TPSA) is 52.6 Å². The largest absolute Gasteiger partial charge is 0.394 e. The van der Waals surface area contributed by atoms with Crippen molar-refractivity contribution in [3.8, 4) is 0 Å². The van der Waals surface area contributed by atoms with Crippen LogP contribution in [0, 0.1) is 5.41 Å². The SMILES string of the molecule is CCOC(C(=O)OC=O)C(C)(C)C. The normalized spacial score (nSPS) is 13.5. The zero-order valence-electron chi connectivity index (χ0n) is 8.49. The quantitative estimate of drug-likeness (QED) is 0.377. The van der Waals surface area contributed by atoms with Crippen LogP contribution in [0.15, 0.2) is 0 Å². The fraction of sp³-hybridized carbons (Fsp3) is 0.778. The molecule has 13 heavy (non-hydrogen) atoms. The summed E-state index contributed by atoms with van der Waals surface area (Å²) >= 11 is 0. The Labute approximate surface area is 78.2 Å². The lowest BCUT2D eigenvalue weighted by molar-refractivity contribution is -0.167. The number of hydrogen-bond donors (Lipinski definition) is 0. The van der Waals surface area contributed by atoms with E-state index in [4.69, 9.17) is 4.74 Å². The Morgan fingerprint density at radius 2 is 2.00 bits per heavy atom. The maximum Gasteiger partial charge on any atom is 0.343 e. The van der Waals surface area contributed by atoms with Crippen molar-refractivity contribution in [2.45, 2.75) is 33.8 Å². The molecule has 0 amide bonds. The predicted octanol–water partition coefficient (Wildman–Crippen LogP) is 1.14. The molecule has 0 heterocycles. The zero-order chi connectivity index (χ0) is 10.5. The Hall–Kier alpha value is -0.900. The van der Waals surface area contributed by atoms with Crippen molar-refractivity contribution in [1.29, 1.82) is 0 Å². The van der Waals surface area contributed by atoms with Gasteiger partial charge in [-0.3, -0.25) is 4.79 Å². The number of rotatable bonds is 4. The first-order valence-electron chi connectivity index (χ1n) is 4.19. The number of esters is 1. The molecule has 0 aromatic rings. The highest BCUT2D eigenvalue weighted by Gasteiger charge is 2.33. The molecule has 76 valence electrons. The minimum Gasteiger partial charge on any atom is -0.394 e. The van der Waals surface area contributed by atoms with Crippen molar-refractivity contribution in [1.82, 2.24) is 0 Å². The zero-order valence-corrected chi connectivity index (χ0v) is 8.49. The first kappa shape index (κ1) is 12.1. The number of ether oxygens (including phenoxy) is 2. The second kappa shape index (κ2) is 4.97. The lowest BCUT2D eigenvalue weighted by Crippen LogP contribution is -2.38. The molecule has 0 saturated carbocycles. The summed E-state index contributed by atoms with van der Waals surface area (Å²) in [6, 6.07) is 0. The van der Waals surface area contributed by atoms with E-state index in [1.165, 1.54) is 0 Å². The highest BCUT2D eigenvalue weighted by molar-refractivity contribution is 5.81. The molecule has 4 nitrogen and oxygen atoms in total. The third-order valence-electron chi connectivity index (χ3n) is 1.50. The van der Waals surface area contributed by atoms with Gasteiger partial charge < -0.3 is 9.47 Å². The molecular formula is C9H16O4. The first-order valence-corrected chi connectivity index (χ1v) is 4.19. The summed E-state index contributed by atoms with van der Waals surface area (Å²) in [4.78, 5) is 21.2. The van der Waals surface area contributed by atoms with Gasteiger partial charge in [-0.15, -0.1) is 0 Å². The molecule has 0 spiro atoms. The molecule has 0 aromatic carbocycles. The number of carbonyl (C=O) groups excluding carboxylic acids is 2. The third kappa shape index (κ3) is 4.03. The second-order valence-electron chi connectivity index (χ2n) is 3.73. The first-order chi connectivity index (χ1) is 5.93. The minimum atomic E-state index is -0.692. The summed E-state index contributed by atoms with van der Waals surface area (Å²) in [6.45, 7) is 7.86. The van der Waals surface area contributed by atoms with Crippen molar-refractivity contribution in [2.75, 3.05) is 6.61 Å². The Morgan fingerprint density at radius 1 is 1.46 bits per heavy atom. The van der Waals surface area contributed by atoms with E-state index >= 15 is 0 Å². The van der Waals surface area contributed by atoms with Crippen LogP contribution in [0.25, 0.3) is 0 Å². The van der Waals surface area contributed by atoms with Crippen LogP contribution in [0.4, 0.5) is 0 Å². The van der Waals surface area contributed by atoms with Crippen molar-refractivity contribution in [2.24, 2.45) is 5.41 Å². The summed E-state index contributed by atoms with van der Waals surface area (Å²) in [5.74, 6) is -0.635. The Morgan fingerprint density at radius 3 is 2.31 bits per heavy atom. The summed E-state index contributed by atoms with van der Waals surface area (Å²) in [5, 5.41) is 0. The van der Waals surface area contributed by atoms with E-state index in [0.717, 1.165) is 0 Å². The monoisotopic (exact) mass is 188 g/mol. The van der Waals surface area contributed by atoms with E-state index in [2.05, 4.69) is 4.74 Å². The van der Waals surface area contributed by atoms with Crippen molar-refractivity contribution in [3.05, 3.63) is 0 Å². The molecular weight excluding hydrogens is 172 g/mol. The molecule has 1 atom stereocenters. The van der Waals surface area contributed by atoms with Gasteiger partial charge in [0.25, 0.3) is 0 Å². The molecule has 0 aliphatic carbocycles. The van der Waals surface area contributed by atoms with Crippen LogP contribution in [0.1, 0.15) is 27.7 Å². The van der Waals surface area contributed by atoms with Crippen molar-refractivity contribution in [3.63, 3.8) is 0 Å². The van der Waals surface area contributed by atoms with Crippen molar-refractivity contribution >= 4 is 12.4 Å². The summed E-state index contributed by atoms with van der Waals surface area (Å²) < 4.78 is 9.43. The number of carbonyl (C=O) groups is 2. The molecule has 0 bridgehead atoms. The lowest BCUT2D eigenvalue weighted by atomic mass is 9.89. The van der Waals surface area contributed by atoms with Gasteiger partial charge in [0.05, 0.1) is 0 Å². The summed E-state index contributed by atoms with van der Waals surface area (Å²) in [7, 11) is 0. The van der Waals surface area contributed by atoms with E-state index in [-0.39, 0.29) is 11.9 Å². The average Bonchev–Trinajstić information content (AvgIpc) is 1.98. The molecule has 0 aromatic heterocycles. The van der Waals surface area contributed by atoms with Gasteiger partial charge in [0.15, 0.2) is 6.10 Å². The Kier molecular flexibility index (Phi) is 4.62. The van der Waals surface area contributed by atoms with Crippen LogP contribution in [-0.4, -0.2) is 25.2 Å². The molecule has 0 saturated heterocycles. The molecule has 1 unspecified atom stereocenters. The van der Waals surface area contributed by atoms with Crippen molar-refractivity contribution < 1.29 is 19.1 Å². The fourth-order valence-corrected chi connectivity index (χ4v) is 0.947. The summed E-state index contributed by atoms with van der Waals surface area (Å²) in [5.41, 5.74) is -0.365. The molecule has 0 aliphatic rings. The van der Waals surface area contributed by atoms with Gasteiger partial charge in [-0.25, -0.2) is 4.79 Å².